The molecule has 5 atom stereocenters. The van der Waals surface area contributed by atoms with Crippen molar-refractivity contribution in [3.63, 3.8) is 0 Å². The molecule has 0 aliphatic heterocycles. The Morgan fingerprint density at radius 1 is 1.00 bits per heavy atom. The van der Waals surface area contributed by atoms with Gasteiger partial charge in [-0.25, -0.2) is 12.8 Å². The van der Waals surface area contributed by atoms with Crippen molar-refractivity contribution in [3.05, 3.63) is 77.6 Å². The van der Waals surface area contributed by atoms with Gasteiger partial charge in [0.05, 0.1) is 23.5 Å². The topological polar surface area (TPSA) is 142 Å². The minimum Gasteiger partial charge on any atom is -0.496 e. The summed E-state index contributed by atoms with van der Waals surface area (Å²) in [6.07, 6.45) is 2.03. The van der Waals surface area contributed by atoms with E-state index in [4.69, 9.17) is 4.74 Å². The number of nitrogens with zero attached hydrogens (tertiary/aromatic N) is 1. The normalized spacial score (nSPS) is 21.2. The van der Waals surface area contributed by atoms with Crippen molar-refractivity contribution in [1.82, 2.24) is 10.2 Å². The van der Waals surface area contributed by atoms with E-state index in [0.717, 1.165) is 30.7 Å². The van der Waals surface area contributed by atoms with Crippen LogP contribution >= 0.6 is 0 Å². The van der Waals surface area contributed by atoms with Crippen molar-refractivity contribution in [3.8, 4) is 16.9 Å². The van der Waals surface area contributed by atoms with E-state index in [1.54, 1.807) is 38.4 Å². The van der Waals surface area contributed by atoms with Crippen molar-refractivity contribution in [2.24, 2.45) is 17.8 Å². The molecule has 2 fully saturated rings. The van der Waals surface area contributed by atoms with E-state index in [9.17, 15) is 41.1 Å². The fourth-order valence-electron chi connectivity index (χ4n) is 6.83. The van der Waals surface area contributed by atoms with Gasteiger partial charge >= 0.3 is 11.5 Å². The van der Waals surface area contributed by atoms with Crippen LogP contribution in [-0.4, -0.2) is 69.0 Å². The highest BCUT2D eigenvalue weighted by molar-refractivity contribution is 7.92. The number of carboxylic acid groups (broad SMARTS) is 1. The van der Waals surface area contributed by atoms with Crippen LogP contribution in [0.4, 0.5) is 23.2 Å². The van der Waals surface area contributed by atoms with Crippen LogP contribution in [-0.2, 0) is 19.4 Å². The summed E-state index contributed by atoms with van der Waals surface area (Å²) in [7, 11) is -1.13. The molecular formula is C33H33F4N3O7S. The van der Waals surface area contributed by atoms with Crippen molar-refractivity contribution in [1.29, 1.82) is 0 Å². The quantitative estimate of drug-likeness (QED) is 0.245. The first-order chi connectivity index (χ1) is 22.5. The molecule has 48 heavy (non-hydrogen) atoms. The van der Waals surface area contributed by atoms with Gasteiger partial charge in [-0.2, -0.15) is 13.2 Å². The monoisotopic (exact) mass is 691 g/mol. The molecule has 0 spiro atoms. The van der Waals surface area contributed by atoms with Gasteiger partial charge in [-0.15, -0.1) is 0 Å². The second kappa shape index (κ2) is 13.2. The lowest BCUT2D eigenvalue weighted by Gasteiger charge is -2.31. The second-order valence-electron chi connectivity index (χ2n) is 12.2. The Labute approximate surface area is 274 Å². The minimum atomic E-state index is -5.64. The van der Waals surface area contributed by atoms with E-state index in [1.807, 2.05) is 0 Å². The van der Waals surface area contributed by atoms with Crippen LogP contribution in [0.5, 0.6) is 5.75 Å². The van der Waals surface area contributed by atoms with Gasteiger partial charge in [0.15, 0.2) is 0 Å². The third-order valence-electron chi connectivity index (χ3n) is 9.06. The molecule has 0 saturated heterocycles. The zero-order valence-corrected chi connectivity index (χ0v) is 26.9. The molecule has 3 N–H and O–H groups in total. The SMILES string of the molecule is COc1cc(F)c(-c2ccc(C(C(=O)O)N(C)C)cc2)cc1C(=O)N[C@@H]1[C@H]2CC[C@H](C2)[C@@H]1C(=O)Nc1cccc(S(=O)(=O)C(F)(F)F)c1. The number of amides is 2. The van der Waals surface area contributed by atoms with E-state index >= 15 is 4.39 Å². The summed E-state index contributed by atoms with van der Waals surface area (Å²) in [6.45, 7) is 0. The second-order valence-corrected chi connectivity index (χ2v) is 14.1. The summed E-state index contributed by atoms with van der Waals surface area (Å²) in [5, 5.41) is 15.0. The van der Waals surface area contributed by atoms with Crippen molar-refractivity contribution in [2.75, 3.05) is 26.5 Å². The number of carboxylic acids is 1. The zero-order chi connectivity index (χ0) is 35.1. The highest BCUT2D eigenvalue weighted by atomic mass is 32.2. The van der Waals surface area contributed by atoms with Crippen molar-refractivity contribution >= 4 is 33.3 Å². The van der Waals surface area contributed by atoms with E-state index in [2.05, 4.69) is 10.6 Å². The minimum absolute atomic E-state index is 0.0123. The standard InChI is InChI=1S/C33H33F4N3O7S/c1-40(2)29(32(43)44)18-9-7-17(8-10-18)23-15-24(26(47-3)16-25(23)34)30(41)39-28-20-12-11-19(13-20)27(28)31(42)38-21-5-4-6-22(14-21)48(45,46)33(35,36)37/h4-10,14-16,19-20,27-29H,11-13H2,1-3H3,(H,38,42)(H,39,41)(H,43,44)/t19-,20+,27+,28-,29?/m1/s1. The number of nitrogens with one attached hydrogen (secondary N) is 2. The molecule has 2 bridgehead atoms. The average molecular weight is 692 g/mol. The largest absolute Gasteiger partial charge is 0.501 e. The van der Waals surface area contributed by atoms with Crippen LogP contribution in [0.25, 0.3) is 11.1 Å². The molecule has 15 heteroatoms. The molecule has 256 valence electrons. The van der Waals surface area contributed by atoms with Gasteiger partial charge in [-0.05, 0) is 80.6 Å². The molecule has 0 aromatic heterocycles. The van der Waals surface area contributed by atoms with Gasteiger partial charge in [0.2, 0.25) is 5.91 Å². The van der Waals surface area contributed by atoms with Gasteiger partial charge in [0.1, 0.15) is 17.6 Å². The number of anilines is 1. The Hall–Kier alpha value is -4.50. The number of rotatable bonds is 10. The van der Waals surface area contributed by atoms with Crippen LogP contribution in [0.15, 0.2) is 65.6 Å². The number of sulfone groups is 1. The van der Waals surface area contributed by atoms with Gasteiger partial charge in [0.25, 0.3) is 15.7 Å². The number of ether oxygens (including phenoxy) is 1. The van der Waals surface area contributed by atoms with Crippen molar-refractivity contribution in [2.45, 2.75) is 41.7 Å². The van der Waals surface area contributed by atoms with E-state index in [0.29, 0.717) is 24.0 Å². The number of methoxy groups -OCH3 is 1. The zero-order valence-electron chi connectivity index (χ0n) is 26.0. The smallest absolute Gasteiger partial charge is 0.496 e. The predicted molar refractivity (Wildman–Crippen MR) is 166 cm³/mol. The molecule has 10 nitrogen and oxygen atoms in total. The molecule has 2 aliphatic carbocycles. The van der Waals surface area contributed by atoms with Gasteiger partial charge in [0, 0.05) is 23.4 Å². The summed E-state index contributed by atoms with van der Waals surface area (Å²) in [5.74, 6) is -4.02. The fourth-order valence-corrected chi connectivity index (χ4v) is 7.64. The number of aliphatic carboxylic acids is 1. The van der Waals surface area contributed by atoms with E-state index in [-0.39, 0.29) is 34.4 Å². The van der Waals surface area contributed by atoms with Crippen LogP contribution in [0, 0.1) is 23.6 Å². The molecule has 2 saturated carbocycles. The Morgan fingerprint density at radius 2 is 1.67 bits per heavy atom. The third kappa shape index (κ3) is 6.61. The first-order valence-corrected chi connectivity index (χ1v) is 16.4. The highest BCUT2D eigenvalue weighted by Crippen LogP contribution is 2.49. The maximum atomic E-state index is 15.3. The first-order valence-electron chi connectivity index (χ1n) is 14.9. The van der Waals surface area contributed by atoms with Gasteiger partial charge < -0.3 is 20.5 Å². The number of likely N-dealkylation sites (N-methyl/N-ethyl adjacent to an activating group) is 1. The number of hydrogen-bond donors (Lipinski definition) is 3. The van der Waals surface area contributed by atoms with Crippen LogP contribution < -0.4 is 15.4 Å². The molecule has 0 radical (unpaired) electrons. The number of halogens is 4. The molecule has 0 heterocycles. The fraction of sp³-hybridized carbons (Fsp3) is 0.364. The number of fused-ring (bicyclic) bond motifs is 2. The molecular weight excluding hydrogens is 658 g/mol. The Kier molecular flexibility index (Phi) is 9.57. The Bertz CT molecular complexity index is 1850. The number of carbonyl (C=O) groups is 3. The van der Waals surface area contributed by atoms with Crippen LogP contribution in [0.1, 0.15) is 41.2 Å². The molecule has 2 aliphatic rings. The lowest BCUT2D eigenvalue weighted by atomic mass is 9.83. The number of benzene rings is 3. The molecule has 2 amide bonds. The lowest BCUT2D eigenvalue weighted by molar-refractivity contribution is -0.142. The van der Waals surface area contributed by atoms with Gasteiger partial charge in [-0.3, -0.25) is 19.3 Å². The van der Waals surface area contributed by atoms with Crippen LogP contribution in [0.3, 0.4) is 0 Å². The summed E-state index contributed by atoms with van der Waals surface area (Å²) >= 11 is 0. The van der Waals surface area contributed by atoms with Gasteiger partial charge in [-0.1, -0.05) is 30.3 Å². The summed E-state index contributed by atoms with van der Waals surface area (Å²) in [4.78, 5) is 39.5. The Balaban J connectivity index is 1.39. The maximum Gasteiger partial charge on any atom is 0.501 e. The lowest BCUT2D eigenvalue weighted by Crippen LogP contribution is -2.48. The summed E-state index contributed by atoms with van der Waals surface area (Å²) in [5.41, 5.74) is -4.77. The highest BCUT2D eigenvalue weighted by Gasteiger charge is 2.52. The molecule has 3 aromatic carbocycles. The summed E-state index contributed by atoms with van der Waals surface area (Å²) < 4.78 is 83.7. The molecule has 3 aromatic rings. The number of carbonyl (C=O) groups excluding carboxylic acids is 2. The van der Waals surface area contributed by atoms with Crippen molar-refractivity contribution < 1.29 is 50.2 Å². The van der Waals surface area contributed by atoms with Crippen LogP contribution in [0.2, 0.25) is 0 Å². The summed E-state index contributed by atoms with van der Waals surface area (Å²) in [6, 6.07) is 10.9. The third-order valence-corrected chi connectivity index (χ3v) is 10.5. The molecule has 5 rings (SSSR count). The molecule has 1 unspecified atom stereocenters. The average Bonchev–Trinajstić information content (AvgIpc) is 3.62. The van der Waals surface area contributed by atoms with E-state index in [1.165, 1.54) is 24.1 Å². The van der Waals surface area contributed by atoms with E-state index < -0.39 is 61.8 Å². The number of alkyl halides is 3. The Morgan fingerprint density at radius 3 is 2.27 bits per heavy atom. The maximum absolute atomic E-state index is 15.3. The predicted octanol–water partition coefficient (Wildman–Crippen LogP) is 5.27. The first kappa shape index (κ1) is 34.8. The number of hydrogen-bond acceptors (Lipinski definition) is 7.